The van der Waals surface area contributed by atoms with Crippen molar-refractivity contribution in [3.8, 4) is 17.2 Å². The van der Waals surface area contributed by atoms with Crippen LogP contribution in [0.2, 0.25) is 0 Å². The number of carbonyl (C=O) groups is 1. The van der Waals surface area contributed by atoms with Crippen LogP contribution in [0.3, 0.4) is 0 Å². The molecule has 0 saturated carbocycles. The molecule has 1 fully saturated rings. The molecule has 40 heavy (non-hydrogen) atoms. The molecule has 3 aromatic carbocycles. The molecule has 0 unspecified atom stereocenters. The van der Waals surface area contributed by atoms with E-state index in [1.807, 2.05) is 59.5 Å². The average Bonchev–Trinajstić information content (AvgIpc) is 3.67. The fraction of sp³-hybridized carbons (Fsp3) is 0.281. The number of fused-ring (bicyclic) bond motifs is 1. The molecule has 6 rings (SSSR count). The van der Waals surface area contributed by atoms with Gasteiger partial charge < -0.3 is 28.4 Å². The summed E-state index contributed by atoms with van der Waals surface area (Å²) in [5.41, 5.74) is 3.38. The van der Waals surface area contributed by atoms with Crippen molar-refractivity contribution in [2.75, 3.05) is 45.0 Å². The summed E-state index contributed by atoms with van der Waals surface area (Å²) in [6, 6.07) is 28.1. The standard InChI is InChI=1S/C32H33N3O5/c1-37-28-10-6-5-9-27(28)34-15-17-35(18-16-34)32(36)30-14-12-26(40-30)22-33(20-24-7-3-2-4-8-24)21-25-11-13-29-31(19-25)39-23-38-29/h2-14,19H,15-18,20-23H2,1H3. The van der Waals surface area contributed by atoms with E-state index >= 15 is 0 Å². The highest BCUT2D eigenvalue weighted by Gasteiger charge is 2.26. The number of anilines is 1. The van der Waals surface area contributed by atoms with E-state index in [9.17, 15) is 4.79 Å². The van der Waals surface area contributed by atoms with Gasteiger partial charge in [0.25, 0.3) is 5.91 Å². The van der Waals surface area contributed by atoms with Crippen LogP contribution in [0, 0.1) is 0 Å². The normalized spacial score (nSPS) is 14.6. The summed E-state index contributed by atoms with van der Waals surface area (Å²) < 4.78 is 22.7. The molecule has 1 aromatic heterocycles. The number of nitrogens with zero attached hydrogens (tertiary/aromatic N) is 3. The van der Waals surface area contributed by atoms with E-state index in [4.69, 9.17) is 18.6 Å². The van der Waals surface area contributed by atoms with Crippen molar-refractivity contribution in [2.24, 2.45) is 0 Å². The van der Waals surface area contributed by atoms with Crippen molar-refractivity contribution >= 4 is 11.6 Å². The lowest BCUT2D eigenvalue weighted by Crippen LogP contribution is -2.48. The quantitative estimate of drug-likeness (QED) is 0.290. The second-order valence-corrected chi connectivity index (χ2v) is 10.0. The number of benzene rings is 3. The van der Waals surface area contributed by atoms with Crippen LogP contribution in [0.25, 0.3) is 0 Å². The van der Waals surface area contributed by atoms with Gasteiger partial charge in [-0.1, -0.05) is 48.5 Å². The van der Waals surface area contributed by atoms with Gasteiger partial charge in [-0.2, -0.15) is 0 Å². The fourth-order valence-corrected chi connectivity index (χ4v) is 5.30. The first kappa shape index (κ1) is 25.8. The first-order chi connectivity index (χ1) is 19.7. The molecule has 0 aliphatic carbocycles. The lowest BCUT2D eigenvalue weighted by molar-refractivity contribution is 0.0710. The third-order valence-corrected chi connectivity index (χ3v) is 7.34. The first-order valence-electron chi connectivity index (χ1n) is 13.6. The van der Waals surface area contributed by atoms with Crippen LogP contribution in [0.4, 0.5) is 5.69 Å². The van der Waals surface area contributed by atoms with E-state index in [1.54, 1.807) is 13.2 Å². The Morgan fingerprint density at radius 2 is 1.55 bits per heavy atom. The zero-order chi connectivity index (χ0) is 27.3. The van der Waals surface area contributed by atoms with Gasteiger partial charge in [-0.15, -0.1) is 0 Å². The van der Waals surface area contributed by atoms with E-state index in [2.05, 4.69) is 34.1 Å². The zero-order valence-corrected chi connectivity index (χ0v) is 22.6. The van der Waals surface area contributed by atoms with Crippen LogP contribution >= 0.6 is 0 Å². The molecule has 0 atom stereocenters. The summed E-state index contributed by atoms with van der Waals surface area (Å²) in [5.74, 6) is 3.45. The highest BCUT2D eigenvalue weighted by molar-refractivity contribution is 5.91. The third kappa shape index (κ3) is 5.77. The molecule has 8 nitrogen and oxygen atoms in total. The van der Waals surface area contributed by atoms with Crippen molar-refractivity contribution in [1.82, 2.24) is 9.80 Å². The first-order valence-corrected chi connectivity index (χ1v) is 13.6. The van der Waals surface area contributed by atoms with E-state index in [1.165, 1.54) is 5.56 Å². The van der Waals surface area contributed by atoms with Gasteiger partial charge in [0.1, 0.15) is 11.5 Å². The average molecular weight is 540 g/mol. The number of hydrogen-bond acceptors (Lipinski definition) is 7. The van der Waals surface area contributed by atoms with Gasteiger partial charge >= 0.3 is 0 Å². The number of hydrogen-bond donors (Lipinski definition) is 0. The Balaban J connectivity index is 1.11. The molecule has 0 spiro atoms. The zero-order valence-electron chi connectivity index (χ0n) is 22.6. The van der Waals surface area contributed by atoms with Gasteiger partial charge in [-0.3, -0.25) is 9.69 Å². The molecule has 0 bridgehead atoms. The molecule has 3 heterocycles. The molecular weight excluding hydrogens is 506 g/mol. The van der Waals surface area contributed by atoms with Gasteiger partial charge in [-0.05, 0) is 47.5 Å². The fourth-order valence-electron chi connectivity index (χ4n) is 5.30. The van der Waals surface area contributed by atoms with E-state index in [0.29, 0.717) is 31.9 Å². The summed E-state index contributed by atoms with van der Waals surface area (Å²) in [6.45, 7) is 4.97. The third-order valence-electron chi connectivity index (χ3n) is 7.34. The number of piperazine rings is 1. The minimum absolute atomic E-state index is 0.0729. The van der Waals surface area contributed by atoms with Crippen LogP contribution in [0.5, 0.6) is 17.2 Å². The topological polar surface area (TPSA) is 67.6 Å². The van der Waals surface area contributed by atoms with Crippen molar-refractivity contribution in [3.63, 3.8) is 0 Å². The highest BCUT2D eigenvalue weighted by atomic mass is 16.7. The van der Waals surface area contributed by atoms with Crippen LogP contribution in [0.15, 0.2) is 89.3 Å². The predicted octanol–water partition coefficient (Wildman–Crippen LogP) is 5.18. The molecule has 206 valence electrons. The molecule has 4 aromatic rings. The number of amides is 1. The predicted molar refractivity (Wildman–Crippen MR) is 152 cm³/mol. The Morgan fingerprint density at radius 1 is 0.800 bits per heavy atom. The number of methoxy groups -OCH3 is 1. The lowest BCUT2D eigenvalue weighted by atomic mass is 10.1. The number of rotatable bonds is 9. The van der Waals surface area contributed by atoms with E-state index < -0.39 is 0 Å². The van der Waals surface area contributed by atoms with Crippen molar-refractivity contribution in [1.29, 1.82) is 0 Å². The van der Waals surface area contributed by atoms with Crippen LogP contribution < -0.4 is 19.1 Å². The Hall–Kier alpha value is -4.43. The Bertz CT molecular complexity index is 1450. The van der Waals surface area contributed by atoms with Gasteiger partial charge in [-0.25, -0.2) is 0 Å². The second-order valence-electron chi connectivity index (χ2n) is 10.0. The SMILES string of the molecule is COc1ccccc1N1CCN(C(=O)c2ccc(CN(Cc3ccccc3)Cc3ccc4c(c3)OCO4)o2)CC1. The summed E-state index contributed by atoms with van der Waals surface area (Å²) in [7, 11) is 1.68. The van der Waals surface area contributed by atoms with Crippen LogP contribution in [-0.4, -0.2) is 55.8 Å². The number of carbonyl (C=O) groups excluding carboxylic acids is 1. The van der Waals surface area contributed by atoms with E-state index in [0.717, 1.165) is 53.9 Å². The number of ether oxygens (including phenoxy) is 3. The van der Waals surface area contributed by atoms with Crippen molar-refractivity contribution in [2.45, 2.75) is 19.6 Å². The Kier molecular flexibility index (Phi) is 7.59. The molecule has 0 radical (unpaired) electrons. The van der Waals surface area contributed by atoms with Gasteiger partial charge in [0.05, 0.1) is 19.3 Å². The summed E-state index contributed by atoms with van der Waals surface area (Å²) in [6.07, 6.45) is 0. The van der Waals surface area contributed by atoms with Crippen LogP contribution in [0.1, 0.15) is 27.4 Å². The minimum Gasteiger partial charge on any atom is -0.495 e. The molecule has 2 aliphatic rings. The molecular formula is C32H33N3O5. The van der Waals surface area contributed by atoms with Crippen LogP contribution in [-0.2, 0) is 19.6 Å². The molecule has 1 saturated heterocycles. The lowest BCUT2D eigenvalue weighted by Gasteiger charge is -2.36. The Morgan fingerprint density at radius 3 is 2.38 bits per heavy atom. The Labute approximate surface area is 234 Å². The molecule has 1 amide bonds. The summed E-state index contributed by atoms with van der Waals surface area (Å²) in [5, 5.41) is 0. The van der Waals surface area contributed by atoms with Gasteiger partial charge in [0.15, 0.2) is 17.3 Å². The maximum absolute atomic E-state index is 13.3. The maximum atomic E-state index is 13.3. The second kappa shape index (κ2) is 11.8. The minimum atomic E-state index is -0.0729. The van der Waals surface area contributed by atoms with Gasteiger partial charge in [0.2, 0.25) is 6.79 Å². The maximum Gasteiger partial charge on any atom is 0.289 e. The number of para-hydroxylation sites is 2. The van der Waals surface area contributed by atoms with Crippen molar-refractivity contribution < 1.29 is 23.4 Å². The monoisotopic (exact) mass is 539 g/mol. The van der Waals surface area contributed by atoms with Crippen molar-refractivity contribution in [3.05, 3.63) is 108 Å². The molecule has 0 N–H and O–H groups in total. The largest absolute Gasteiger partial charge is 0.495 e. The summed E-state index contributed by atoms with van der Waals surface area (Å²) in [4.78, 5) is 19.7. The molecule has 8 heteroatoms. The van der Waals surface area contributed by atoms with Gasteiger partial charge in [0, 0.05) is 39.3 Å². The summed E-state index contributed by atoms with van der Waals surface area (Å²) >= 11 is 0. The highest BCUT2D eigenvalue weighted by Crippen LogP contribution is 2.33. The smallest absolute Gasteiger partial charge is 0.289 e. The van der Waals surface area contributed by atoms with E-state index in [-0.39, 0.29) is 12.7 Å². The molecule has 2 aliphatic heterocycles. The number of furan rings is 1.